The fourth-order valence-electron chi connectivity index (χ4n) is 4.03. The maximum Gasteiger partial charge on any atom is 0.439 e. The molecule has 0 aliphatic heterocycles. The van der Waals surface area contributed by atoms with Gasteiger partial charge < -0.3 is 10.1 Å². The molecule has 1 unspecified atom stereocenters. The van der Waals surface area contributed by atoms with E-state index in [2.05, 4.69) is 11.9 Å². The summed E-state index contributed by atoms with van der Waals surface area (Å²) in [5, 5.41) is 4.11. The second kappa shape index (κ2) is 10.8. The average molecular weight is 495 g/mol. The first kappa shape index (κ1) is 25.3. The van der Waals surface area contributed by atoms with Crippen molar-refractivity contribution in [1.82, 2.24) is 9.62 Å². The van der Waals surface area contributed by atoms with Crippen LogP contribution in [0.1, 0.15) is 58.3 Å². The van der Waals surface area contributed by atoms with E-state index in [0.29, 0.717) is 43.9 Å². The molecule has 0 bridgehead atoms. The summed E-state index contributed by atoms with van der Waals surface area (Å²) >= 11 is 3.80. The average Bonchev–Trinajstić information content (AvgIpc) is 2.62. The van der Waals surface area contributed by atoms with E-state index in [1.165, 1.54) is 6.42 Å². The van der Waals surface area contributed by atoms with Crippen LogP contribution in [-0.4, -0.2) is 41.2 Å². The highest BCUT2D eigenvalue weighted by Crippen LogP contribution is 2.48. The van der Waals surface area contributed by atoms with Gasteiger partial charge in [0.05, 0.1) is 11.8 Å². The second-order valence-electron chi connectivity index (χ2n) is 9.01. The third-order valence-corrected chi connectivity index (χ3v) is 9.08. The summed E-state index contributed by atoms with van der Waals surface area (Å²) in [5.74, 6) is 0.533. The smallest absolute Gasteiger partial charge is 0.439 e. The molecule has 182 valence electrons. The van der Waals surface area contributed by atoms with Crippen molar-refractivity contribution in [2.24, 2.45) is 11.8 Å². The summed E-state index contributed by atoms with van der Waals surface area (Å²) < 4.78 is 47.4. The minimum Gasteiger partial charge on any atom is -0.496 e. The number of rotatable bonds is 10. The molecule has 0 spiro atoms. The predicted molar refractivity (Wildman–Crippen MR) is 125 cm³/mol. The van der Waals surface area contributed by atoms with Gasteiger partial charge in [-0.3, -0.25) is 9.10 Å². The fraction of sp³-hybridized carbons (Fsp3) is 0.696. The van der Waals surface area contributed by atoms with Crippen LogP contribution < -0.4 is 5.32 Å². The molecule has 2 atom stereocenters. The summed E-state index contributed by atoms with van der Waals surface area (Å²) in [6.07, 6.45) is 9.99. The topological polar surface area (TPSA) is 41.6 Å². The number of thiol groups is 1. The van der Waals surface area contributed by atoms with E-state index in [4.69, 9.17) is 16.3 Å². The monoisotopic (exact) mass is 494 g/mol. The Morgan fingerprint density at radius 3 is 2.44 bits per heavy atom. The molecular weight excluding hydrogens is 461 g/mol. The minimum absolute atomic E-state index is 0.0279. The van der Waals surface area contributed by atoms with Gasteiger partial charge in [0.1, 0.15) is 6.61 Å². The Labute approximate surface area is 196 Å². The van der Waals surface area contributed by atoms with E-state index in [1.807, 2.05) is 6.08 Å². The van der Waals surface area contributed by atoms with Crippen LogP contribution in [0, 0.1) is 11.8 Å². The van der Waals surface area contributed by atoms with Crippen molar-refractivity contribution in [3.8, 4) is 0 Å². The highest BCUT2D eigenvalue weighted by molar-refractivity contribution is 8.15. The molecule has 9 heteroatoms. The molecule has 0 saturated heterocycles. The summed E-state index contributed by atoms with van der Waals surface area (Å²) in [7, 11) is 0. The summed E-state index contributed by atoms with van der Waals surface area (Å²) in [4.78, 5) is 12.8. The fourth-order valence-corrected chi connectivity index (χ4v) is 5.61. The molecule has 3 aliphatic rings. The Morgan fingerprint density at radius 2 is 1.91 bits per heavy atom. The van der Waals surface area contributed by atoms with Crippen LogP contribution >= 0.6 is 22.7 Å². The van der Waals surface area contributed by atoms with Gasteiger partial charge in [-0.05, 0) is 62.9 Å². The lowest BCUT2D eigenvalue weighted by Gasteiger charge is -2.41. The Hall–Kier alpha value is -1.28. The number of nitrogens with zero attached hydrogens (tertiary/aromatic N) is 1. The van der Waals surface area contributed by atoms with Crippen LogP contribution in [0.3, 0.4) is 0 Å². The quantitative estimate of drug-likeness (QED) is 0.357. The highest BCUT2D eigenvalue weighted by Gasteiger charge is 2.43. The van der Waals surface area contributed by atoms with E-state index in [-0.39, 0.29) is 12.5 Å². The van der Waals surface area contributed by atoms with Gasteiger partial charge in [0, 0.05) is 29.6 Å². The second-order valence-corrected chi connectivity index (χ2v) is 11.5. The van der Waals surface area contributed by atoms with Gasteiger partial charge in [0.25, 0.3) is 0 Å². The zero-order valence-corrected chi connectivity index (χ0v) is 20.5. The number of carbonyl (C=O) groups excluding carboxylic acids is 1. The lowest BCUT2D eigenvalue weighted by Crippen LogP contribution is -2.46. The van der Waals surface area contributed by atoms with Crippen molar-refractivity contribution < 1.29 is 22.7 Å². The normalized spacial score (nSPS) is 22.3. The third-order valence-electron chi connectivity index (χ3n) is 6.68. The van der Waals surface area contributed by atoms with Crippen molar-refractivity contribution in [3.63, 3.8) is 0 Å². The molecule has 32 heavy (non-hydrogen) atoms. The van der Waals surface area contributed by atoms with Gasteiger partial charge in [-0.15, -0.1) is 0 Å². The zero-order chi connectivity index (χ0) is 23.5. The minimum atomic E-state index is -4.41. The van der Waals surface area contributed by atoms with Crippen LogP contribution in [0.2, 0.25) is 0 Å². The molecule has 1 amide bonds. The Balaban J connectivity index is 1.59. The SMILES string of the molecule is C=C(NCC1=C(Cl)CCC(OC[C@H](C)N(C(=O)C2CCC2)[SH](C)C(F)(F)F)=C1)C1CCC1. The van der Waals surface area contributed by atoms with Gasteiger partial charge in [0.2, 0.25) is 5.91 Å². The number of carbonyl (C=O) groups is 1. The van der Waals surface area contributed by atoms with Gasteiger partial charge in [-0.1, -0.05) is 42.1 Å². The molecule has 0 aromatic carbocycles. The van der Waals surface area contributed by atoms with Crippen LogP contribution in [0.4, 0.5) is 13.2 Å². The van der Waals surface area contributed by atoms with Crippen molar-refractivity contribution in [2.45, 2.75) is 69.8 Å². The predicted octanol–water partition coefficient (Wildman–Crippen LogP) is 6.16. The van der Waals surface area contributed by atoms with E-state index < -0.39 is 28.5 Å². The van der Waals surface area contributed by atoms with E-state index in [1.54, 1.807) is 6.92 Å². The molecule has 0 aromatic rings. The van der Waals surface area contributed by atoms with E-state index >= 15 is 0 Å². The maximum absolute atomic E-state index is 13.5. The van der Waals surface area contributed by atoms with E-state index in [0.717, 1.165) is 46.1 Å². The van der Waals surface area contributed by atoms with Crippen molar-refractivity contribution in [2.75, 3.05) is 19.4 Å². The summed E-state index contributed by atoms with van der Waals surface area (Å²) in [6, 6.07) is -0.664. The van der Waals surface area contributed by atoms with Crippen LogP contribution in [0.25, 0.3) is 0 Å². The molecule has 4 nitrogen and oxygen atoms in total. The summed E-state index contributed by atoms with van der Waals surface area (Å²) in [6.45, 7) is 6.32. The largest absolute Gasteiger partial charge is 0.496 e. The number of alkyl halides is 3. The summed E-state index contributed by atoms with van der Waals surface area (Å²) in [5.41, 5.74) is -2.47. The number of ether oxygens (including phenoxy) is 1. The van der Waals surface area contributed by atoms with Gasteiger partial charge in [-0.2, -0.15) is 13.2 Å². The number of hydrogen-bond donors (Lipinski definition) is 2. The third kappa shape index (κ3) is 6.19. The van der Waals surface area contributed by atoms with Crippen molar-refractivity contribution >= 4 is 28.6 Å². The lowest BCUT2D eigenvalue weighted by molar-refractivity contribution is -0.135. The van der Waals surface area contributed by atoms with Gasteiger partial charge in [0.15, 0.2) is 0 Å². The number of amides is 1. The molecule has 0 radical (unpaired) electrons. The number of halogens is 4. The van der Waals surface area contributed by atoms with Crippen LogP contribution in [0.5, 0.6) is 0 Å². The van der Waals surface area contributed by atoms with Gasteiger partial charge >= 0.3 is 5.51 Å². The number of nitrogens with one attached hydrogen (secondary N) is 1. The molecule has 0 heterocycles. The molecule has 2 fully saturated rings. The molecule has 3 rings (SSSR count). The number of hydrogen-bond acceptors (Lipinski definition) is 3. The van der Waals surface area contributed by atoms with Crippen molar-refractivity contribution in [3.05, 3.63) is 34.7 Å². The Bertz CT molecular complexity index is 776. The molecule has 2 saturated carbocycles. The molecule has 3 aliphatic carbocycles. The lowest BCUT2D eigenvalue weighted by atomic mass is 9.83. The Kier molecular flexibility index (Phi) is 8.53. The highest BCUT2D eigenvalue weighted by atomic mass is 35.5. The van der Waals surface area contributed by atoms with Crippen LogP contribution in [-0.2, 0) is 9.53 Å². The Morgan fingerprint density at radius 1 is 1.28 bits per heavy atom. The first-order chi connectivity index (χ1) is 15.1. The zero-order valence-electron chi connectivity index (χ0n) is 18.8. The maximum atomic E-state index is 13.5. The standard InChI is InChI=1S/C23H34ClF3N2O2S/c1-15(29(32(3)23(25,26)27)22(30)18-8-5-9-18)14-31-20-10-11-21(24)19(12-20)13-28-16(2)17-6-4-7-17/h12,15,17-18,28,32H,2,4-11,13-14H2,1,3H3/t15-/m0/s1. The van der Waals surface area contributed by atoms with Crippen LogP contribution in [0.15, 0.2) is 34.7 Å². The first-order valence-corrected chi connectivity index (χ1v) is 13.5. The molecule has 1 N–H and O–H groups in total. The van der Waals surface area contributed by atoms with E-state index in [9.17, 15) is 18.0 Å². The van der Waals surface area contributed by atoms with Crippen molar-refractivity contribution in [1.29, 1.82) is 0 Å². The molecular formula is C23H34ClF3N2O2S. The first-order valence-electron chi connectivity index (χ1n) is 11.3. The molecule has 0 aromatic heterocycles. The van der Waals surface area contributed by atoms with Gasteiger partial charge in [-0.25, -0.2) is 0 Å². The number of allylic oxidation sites excluding steroid dienone is 3.